The zero-order chi connectivity index (χ0) is 9.19. The molecular formula is C8H11BrN2O. The minimum absolute atomic E-state index is 0.197. The molecule has 0 saturated carbocycles. The van der Waals surface area contributed by atoms with Crippen LogP contribution in [0.15, 0.2) is 17.1 Å². The van der Waals surface area contributed by atoms with Gasteiger partial charge in [0, 0.05) is 0 Å². The molecule has 0 aliphatic rings. The van der Waals surface area contributed by atoms with Crippen LogP contribution in [0, 0.1) is 0 Å². The van der Waals surface area contributed by atoms with E-state index in [4.69, 9.17) is 4.74 Å². The summed E-state index contributed by atoms with van der Waals surface area (Å²) in [7, 11) is 0. The molecule has 0 spiro atoms. The highest BCUT2D eigenvalue weighted by molar-refractivity contribution is 9.10. The van der Waals surface area contributed by atoms with Gasteiger partial charge in [0.25, 0.3) is 0 Å². The topological polar surface area (TPSA) is 35.0 Å². The first-order valence-corrected chi connectivity index (χ1v) is 4.43. The lowest BCUT2D eigenvalue weighted by Gasteiger charge is -2.20. The Bertz CT molecular complexity index is 253. The van der Waals surface area contributed by atoms with Crippen molar-refractivity contribution >= 4 is 15.9 Å². The smallest absolute Gasteiger partial charge is 0.196 e. The second kappa shape index (κ2) is 3.39. The summed E-state index contributed by atoms with van der Waals surface area (Å²) in [5, 5.41) is 0. The molecule has 0 saturated heterocycles. The first kappa shape index (κ1) is 9.45. The number of ether oxygens (including phenoxy) is 1. The fourth-order valence-electron chi connectivity index (χ4n) is 0.707. The third kappa shape index (κ3) is 3.17. The van der Waals surface area contributed by atoms with Crippen LogP contribution in [0.2, 0.25) is 0 Å². The van der Waals surface area contributed by atoms with Crippen molar-refractivity contribution in [1.82, 2.24) is 9.97 Å². The molecule has 1 aromatic heterocycles. The maximum Gasteiger partial charge on any atom is 0.196 e. The average molecular weight is 231 g/mol. The van der Waals surface area contributed by atoms with Crippen LogP contribution in [0.1, 0.15) is 20.8 Å². The molecule has 3 nitrogen and oxygen atoms in total. The number of hydrogen-bond donors (Lipinski definition) is 0. The van der Waals surface area contributed by atoms with Crippen LogP contribution in [0.4, 0.5) is 0 Å². The van der Waals surface area contributed by atoms with Crippen LogP contribution in [0.3, 0.4) is 0 Å². The zero-order valence-corrected chi connectivity index (χ0v) is 8.92. The summed E-state index contributed by atoms with van der Waals surface area (Å²) in [4.78, 5) is 7.89. The van der Waals surface area contributed by atoms with Gasteiger partial charge in [0.2, 0.25) is 0 Å². The van der Waals surface area contributed by atoms with E-state index in [1.807, 2.05) is 20.8 Å². The van der Waals surface area contributed by atoms with E-state index in [1.165, 1.54) is 0 Å². The molecule has 1 heterocycles. The Balaban J connectivity index is 2.71. The summed E-state index contributed by atoms with van der Waals surface area (Å²) in [5.41, 5.74) is -0.197. The summed E-state index contributed by atoms with van der Waals surface area (Å²) in [6.45, 7) is 5.94. The third-order valence-corrected chi connectivity index (χ3v) is 1.43. The number of rotatable bonds is 1. The van der Waals surface area contributed by atoms with Crippen molar-refractivity contribution in [2.75, 3.05) is 0 Å². The Morgan fingerprint density at radius 1 is 1.25 bits per heavy atom. The Labute approximate surface area is 80.3 Å². The van der Waals surface area contributed by atoms with E-state index in [0.29, 0.717) is 10.5 Å². The largest absolute Gasteiger partial charge is 0.485 e. The number of aromatic nitrogens is 2. The molecule has 0 fully saturated rings. The van der Waals surface area contributed by atoms with Gasteiger partial charge in [-0.25, -0.2) is 9.97 Å². The van der Waals surface area contributed by atoms with E-state index < -0.39 is 0 Å². The summed E-state index contributed by atoms with van der Waals surface area (Å²) >= 11 is 3.15. The number of hydrogen-bond acceptors (Lipinski definition) is 3. The third-order valence-electron chi connectivity index (χ3n) is 1.02. The van der Waals surface area contributed by atoms with E-state index >= 15 is 0 Å². The molecule has 0 radical (unpaired) electrons. The Hall–Kier alpha value is -0.640. The van der Waals surface area contributed by atoms with Crippen molar-refractivity contribution in [3.63, 3.8) is 0 Å². The maximum atomic E-state index is 5.51. The van der Waals surface area contributed by atoms with Crippen molar-refractivity contribution in [1.29, 1.82) is 0 Å². The fraction of sp³-hybridized carbons (Fsp3) is 0.500. The highest BCUT2D eigenvalue weighted by atomic mass is 79.9. The molecule has 0 aromatic carbocycles. The van der Waals surface area contributed by atoms with Crippen molar-refractivity contribution in [3.05, 3.63) is 17.1 Å². The molecule has 0 unspecified atom stereocenters. The lowest BCUT2D eigenvalue weighted by Crippen LogP contribution is -2.23. The predicted molar refractivity (Wildman–Crippen MR) is 50.1 cm³/mol. The highest BCUT2D eigenvalue weighted by Crippen LogP contribution is 2.16. The van der Waals surface area contributed by atoms with Crippen LogP contribution in [0.25, 0.3) is 0 Å². The summed E-state index contributed by atoms with van der Waals surface area (Å²) in [5.74, 6) is 0.686. The van der Waals surface area contributed by atoms with E-state index in [9.17, 15) is 0 Å². The molecule has 0 bridgehead atoms. The van der Waals surface area contributed by atoms with E-state index in [2.05, 4.69) is 25.9 Å². The SMILES string of the molecule is CC(C)(C)Oc1cnc(Br)nc1. The van der Waals surface area contributed by atoms with Gasteiger partial charge in [0.05, 0.1) is 12.4 Å². The van der Waals surface area contributed by atoms with Crippen molar-refractivity contribution < 1.29 is 4.74 Å². The highest BCUT2D eigenvalue weighted by Gasteiger charge is 2.11. The van der Waals surface area contributed by atoms with Gasteiger partial charge in [-0.05, 0) is 36.7 Å². The lowest BCUT2D eigenvalue weighted by molar-refractivity contribution is 0.129. The molecule has 0 amide bonds. The van der Waals surface area contributed by atoms with Gasteiger partial charge < -0.3 is 4.74 Å². The molecule has 0 aliphatic carbocycles. The van der Waals surface area contributed by atoms with Crippen molar-refractivity contribution in [3.8, 4) is 5.75 Å². The minimum Gasteiger partial charge on any atom is -0.485 e. The first-order chi connectivity index (χ1) is 5.47. The molecule has 0 aliphatic heterocycles. The van der Waals surface area contributed by atoms with Crippen LogP contribution in [-0.4, -0.2) is 15.6 Å². The van der Waals surface area contributed by atoms with Crippen molar-refractivity contribution in [2.24, 2.45) is 0 Å². The van der Waals surface area contributed by atoms with Gasteiger partial charge in [-0.3, -0.25) is 0 Å². The standard InChI is InChI=1S/C8H11BrN2O/c1-8(2,3)12-6-4-10-7(9)11-5-6/h4-5H,1-3H3. The summed E-state index contributed by atoms with van der Waals surface area (Å²) in [6.07, 6.45) is 3.28. The summed E-state index contributed by atoms with van der Waals surface area (Å²) in [6, 6.07) is 0. The second-order valence-electron chi connectivity index (χ2n) is 3.40. The fourth-order valence-corrected chi connectivity index (χ4v) is 0.911. The number of nitrogens with zero attached hydrogens (tertiary/aromatic N) is 2. The number of halogens is 1. The van der Waals surface area contributed by atoms with E-state index in [-0.39, 0.29) is 5.60 Å². The van der Waals surface area contributed by atoms with E-state index in [1.54, 1.807) is 12.4 Å². The van der Waals surface area contributed by atoms with Gasteiger partial charge >= 0.3 is 0 Å². The van der Waals surface area contributed by atoms with Gasteiger partial charge in [-0.15, -0.1) is 0 Å². The molecule has 0 atom stereocenters. The van der Waals surface area contributed by atoms with Gasteiger partial charge in [-0.2, -0.15) is 0 Å². The second-order valence-corrected chi connectivity index (χ2v) is 4.11. The average Bonchev–Trinajstić information content (AvgIpc) is 1.91. The predicted octanol–water partition coefficient (Wildman–Crippen LogP) is 2.42. The first-order valence-electron chi connectivity index (χ1n) is 3.64. The summed E-state index contributed by atoms with van der Waals surface area (Å²) < 4.78 is 6.08. The van der Waals surface area contributed by atoms with Crippen molar-refractivity contribution in [2.45, 2.75) is 26.4 Å². The molecule has 12 heavy (non-hydrogen) atoms. The van der Waals surface area contributed by atoms with Gasteiger partial charge in [-0.1, -0.05) is 0 Å². The monoisotopic (exact) mass is 230 g/mol. The van der Waals surface area contributed by atoms with Crippen LogP contribution in [-0.2, 0) is 0 Å². The van der Waals surface area contributed by atoms with Crippen LogP contribution >= 0.6 is 15.9 Å². The normalized spacial score (nSPS) is 11.3. The molecule has 0 N–H and O–H groups in total. The molecular weight excluding hydrogens is 220 g/mol. The Morgan fingerprint density at radius 3 is 2.17 bits per heavy atom. The molecule has 1 rings (SSSR count). The van der Waals surface area contributed by atoms with Crippen LogP contribution < -0.4 is 4.74 Å². The molecule has 66 valence electrons. The zero-order valence-electron chi connectivity index (χ0n) is 7.34. The van der Waals surface area contributed by atoms with Gasteiger partial charge in [0.15, 0.2) is 10.5 Å². The lowest BCUT2D eigenvalue weighted by atomic mass is 10.2. The van der Waals surface area contributed by atoms with Gasteiger partial charge in [0.1, 0.15) is 5.60 Å². The van der Waals surface area contributed by atoms with E-state index in [0.717, 1.165) is 0 Å². The maximum absolute atomic E-state index is 5.51. The Morgan fingerprint density at radius 2 is 1.75 bits per heavy atom. The minimum atomic E-state index is -0.197. The molecule has 1 aromatic rings. The quantitative estimate of drug-likeness (QED) is 0.696. The van der Waals surface area contributed by atoms with Crippen LogP contribution in [0.5, 0.6) is 5.75 Å². The molecule has 4 heteroatoms. The Kier molecular flexibility index (Phi) is 2.67.